The minimum Gasteiger partial charge on any atom is -0.454 e. The van der Waals surface area contributed by atoms with Gasteiger partial charge in [-0.25, -0.2) is 4.98 Å². The predicted molar refractivity (Wildman–Crippen MR) is 101 cm³/mol. The molecule has 0 saturated carbocycles. The van der Waals surface area contributed by atoms with Gasteiger partial charge in [0.1, 0.15) is 0 Å². The van der Waals surface area contributed by atoms with Gasteiger partial charge >= 0.3 is 0 Å². The van der Waals surface area contributed by atoms with Crippen LogP contribution in [0.15, 0.2) is 47.6 Å². The number of carbonyl (C=O) groups excluding carboxylic acids is 2. The van der Waals surface area contributed by atoms with Gasteiger partial charge in [-0.2, -0.15) is 0 Å². The van der Waals surface area contributed by atoms with Crippen molar-refractivity contribution in [3.63, 3.8) is 0 Å². The van der Waals surface area contributed by atoms with Crippen LogP contribution in [-0.2, 0) is 4.79 Å². The molecule has 7 heteroatoms. The third-order valence-electron chi connectivity index (χ3n) is 4.78. The molecule has 0 bridgehead atoms. The lowest BCUT2D eigenvalue weighted by Gasteiger charge is -2.32. The second kappa shape index (κ2) is 8.00. The summed E-state index contributed by atoms with van der Waals surface area (Å²) in [5.41, 5.74) is 0.612. The molecule has 0 spiro atoms. The summed E-state index contributed by atoms with van der Waals surface area (Å²) < 4.78 is 10.7. The lowest BCUT2D eigenvalue weighted by atomic mass is 9.90. The number of thioether (sulfide) groups is 1. The number of aromatic nitrogens is 1. The lowest BCUT2D eigenvalue weighted by Crippen LogP contribution is -2.43. The van der Waals surface area contributed by atoms with Crippen LogP contribution in [0.3, 0.4) is 0 Å². The molecule has 2 aliphatic rings. The number of hydrogen-bond donors (Lipinski definition) is 0. The van der Waals surface area contributed by atoms with Crippen molar-refractivity contribution in [2.24, 2.45) is 5.92 Å². The Morgan fingerprint density at radius 3 is 2.93 bits per heavy atom. The number of ketones is 1. The molecule has 1 unspecified atom stereocenters. The standard InChI is InChI=1S/C20H20N2O4S/c23-19(12-27-18-5-1-2-8-21-18)22-9-3-4-15(11-22)20(24)14-6-7-16-17(10-14)26-13-25-16/h1-2,5-8,10,15H,3-4,9,11-13H2. The Morgan fingerprint density at radius 1 is 1.19 bits per heavy atom. The number of fused-ring (bicyclic) bond motifs is 1. The normalized spacial score (nSPS) is 18.4. The molecule has 0 aliphatic carbocycles. The van der Waals surface area contributed by atoms with E-state index in [1.807, 2.05) is 18.2 Å². The number of likely N-dealkylation sites (tertiary alicyclic amines) is 1. The van der Waals surface area contributed by atoms with E-state index in [1.165, 1.54) is 11.8 Å². The van der Waals surface area contributed by atoms with E-state index in [-0.39, 0.29) is 24.4 Å². The third kappa shape index (κ3) is 4.08. The Hall–Kier alpha value is -2.54. The van der Waals surface area contributed by atoms with E-state index < -0.39 is 0 Å². The smallest absolute Gasteiger partial charge is 0.233 e. The van der Waals surface area contributed by atoms with E-state index in [0.717, 1.165) is 17.9 Å². The zero-order valence-corrected chi connectivity index (χ0v) is 15.6. The maximum atomic E-state index is 12.9. The van der Waals surface area contributed by atoms with Crippen LogP contribution >= 0.6 is 11.8 Å². The average Bonchev–Trinajstić information content (AvgIpc) is 3.20. The molecule has 2 aromatic rings. The molecule has 140 valence electrons. The number of nitrogens with zero attached hydrogens (tertiary/aromatic N) is 2. The molecule has 4 rings (SSSR count). The summed E-state index contributed by atoms with van der Waals surface area (Å²) in [6.07, 6.45) is 3.35. The average molecular weight is 384 g/mol. The van der Waals surface area contributed by atoms with Gasteiger partial charge in [0.05, 0.1) is 10.8 Å². The van der Waals surface area contributed by atoms with Gasteiger partial charge in [-0.1, -0.05) is 17.8 Å². The Kier molecular flexibility index (Phi) is 5.29. The third-order valence-corrected chi connectivity index (χ3v) is 5.71. The lowest BCUT2D eigenvalue weighted by molar-refractivity contribution is -0.129. The maximum Gasteiger partial charge on any atom is 0.233 e. The summed E-state index contributed by atoms with van der Waals surface area (Å²) in [5.74, 6) is 1.54. The zero-order valence-electron chi connectivity index (χ0n) is 14.8. The molecular formula is C20H20N2O4S. The van der Waals surface area contributed by atoms with Crippen LogP contribution in [-0.4, -0.2) is 47.2 Å². The highest BCUT2D eigenvalue weighted by Crippen LogP contribution is 2.34. The number of carbonyl (C=O) groups is 2. The van der Waals surface area contributed by atoms with Crippen LogP contribution in [0.25, 0.3) is 0 Å². The largest absolute Gasteiger partial charge is 0.454 e. The van der Waals surface area contributed by atoms with Gasteiger partial charge in [0.15, 0.2) is 17.3 Å². The zero-order chi connectivity index (χ0) is 18.6. The summed E-state index contributed by atoms with van der Waals surface area (Å²) in [5, 5.41) is 0.829. The number of Topliss-reactive ketones (excluding diaryl/α,β-unsaturated/α-hetero) is 1. The van der Waals surface area contributed by atoms with E-state index >= 15 is 0 Å². The summed E-state index contributed by atoms with van der Waals surface area (Å²) in [6.45, 7) is 1.36. The van der Waals surface area contributed by atoms with Crippen molar-refractivity contribution in [3.8, 4) is 11.5 Å². The Labute approximate surface area is 161 Å². The van der Waals surface area contributed by atoms with Gasteiger partial charge in [0.2, 0.25) is 12.7 Å². The van der Waals surface area contributed by atoms with E-state index in [4.69, 9.17) is 9.47 Å². The number of ether oxygens (including phenoxy) is 2. The van der Waals surface area contributed by atoms with Crippen molar-refractivity contribution < 1.29 is 19.1 Å². The molecule has 1 aromatic heterocycles. The fourth-order valence-electron chi connectivity index (χ4n) is 3.36. The van der Waals surface area contributed by atoms with Gasteiger partial charge in [0.25, 0.3) is 0 Å². The first-order valence-electron chi connectivity index (χ1n) is 8.96. The fraction of sp³-hybridized carbons (Fsp3) is 0.350. The summed E-state index contributed by atoms with van der Waals surface area (Å²) in [4.78, 5) is 31.5. The first-order chi connectivity index (χ1) is 13.2. The Morgan fingerprint density at radius 2 is 2.07 bits per heavy atom. The number of pyridine rings is 1. The van der Waals surface area contributed by atoms with E-state index in [0.29, 0.717) is 35.9 Å². The molecule has 2 aliphatic heterocycles. The van der Waals surface area contributed by atoms with Gasteiger partial charge in [-0.3, -0.25) is 9.59 Å². The molecule has 1 aromatic carbocycles. The molecule has 0 N–H and O–H groups in total. The summed E-state index contributed by atoms with van der Waals surface area (Å²) >= 11 is 1.42. The number of piperidine rings is 1. The van der Waals surface area contributed by atoms with Crippen molar-refractivity contribution >= 4 is 23.5 Å². The molecule has 1 saturated heterocycles. The van der Waals surface area contributed by atoms with Crippen molar-refractivity contribution in [1.82, 2.24) is 9.88 Å². The first kappa shape index (κ1) is 17.9. The van der Waals surface area contributed by atoms with Crippen LogP contribution in [0.4, 0.5) is 0 Å². The topological polar surface area (TPSA) is 68.7 Å². The van der Waals surface area contributed by atoms with E-state index in [2.05, 4.69) is 4.98 Å². The highest BCUT2D eigenvalue weighted by Gasteiger charge is 2.29. The quantitative estimate of drug-likeness (QED) is 0.583. The van der Waals surface area contributed by atoms with Gasteiger partial charge < -0.3 is 14.4 Å². The number of amides is 1. The van der Waals surface area contributed by atoms with E-state index in [1.54, 1.807) is 29.3 Å². The van der Waals surface area contributed by atoms with Crippen molar-refractivity contribution in [2.45, 2.75) is 17.9 Å². The van der Waals surface area contributed by atoms with Crippen molar-refractivity contribution in [3.05, 3.63) is 48.2 Å². The molecule has 3 heterocycles. The molecular weight excluding hydrogens is 364 g/mol. The van der Waals surface area contributed by atoms with Crippen LogP contribution in [0, 0.1) is 5.92 Å². The minimum absolute atomic E-state index is 0.0499. The van der Waals surface area contributed by atoms with Crippen LogP contribution in [0.1, 0.15) is 23.2 Å². The summed E-state index contributed by atoms with van der Waals surface area (Å²) in [7, 11) is 0. The monoisotopic (exact) mass is 384 g/mol. The molecule has 6 nitrogen and oxygen atoms in total. The maximum absolute atomic E-state index is 12.9. The van der Waals surface area contributed by atoms with E-state index in [9.17, 15) is 9.59 Å². The fourth-order valence-corrected chi connectivity index (χ4v) is 4.13. The van der Waals surface area contributed by atoms with Crippen LogP contribution in [0.5, 0.6) is 11.5 Å². The van der Waals surface area contributed by atoms with Gasteiger partial charge in [-0.05, 0) is 43.2 Å². The number of hydrogen-bond acceptors (Lipinski definition) is 6. The highest BCUT2D eigenvalue weighted by molar-refractivity contribution is 7.99. The summed E-state index contributed by atoms with van der Waals surface area (Å²) in [6, 6.07) is 10.9. The highest BCUT2D eigenvalue weighted by atomic mass is 32.2. The minimum atomic E-state index is -0.178. The second-order valence-electron chi connectivity index (χ2n) is 6.57. The van der Waals surface area contributed by atoms with Crippen LogP contribution in [0.2, 0.25) is 0 Å². The Bertz CT molecular complexity index is 843. The van der Waals surface area contributed by atoms with Gasteiger partial charge in [0, 0.05) is 30.8 Å². The Balaban J connectivity index is 1.37. The van der Waals surface area contributed by atoms with Crippen LogP contribution < -0.4 is 9.47 Å². The molecule has 1 fully saturated rings. The second-order valence-corrected chi connectivity index (χ2v) is 7.56. The number of benzene rings is 1. The molecule has 1 atom stereocenters. The van der Waals surface area contributed by atoms with Crippen molar-refractivity contribution in [2.75, 3.05) is 25.6 Å². The SMILES string of the molecule is O=C(c1ccc2c(c1)OCO2)C1CCCN(C(=O)CSc2ccccn2)C1. The molecule has 27 heavy (non-hydrogen) atoms. The molecule has 0 radical (unpaired) electrons. The first-order valence-corrected chi connectivity index (χ1v) is 9.95. The van der Waals surface area contributed by atoms with Gasteiger partial charge in [-0.15, -0.1) is 0 Å². The molecule has 1 amide bonds. The number of rotatable bonds is 5. The van der Waals surface area contributed by atoms with Crippen molar-refractivity contribution in [1.29, 1.82) is 0 Å². The predicted octanol–water partition coefficient (Wildman–Crippen LogP) is 3.02.